The molecule has 1 atom stereocenters. The SMILES string of the molecule is O=C(O)c1cc(-c2cccc(OC3CCCSC3)c2)no1. The highest BCUT2D eigenvalue weighted by atomic mass is 32.2. The van der Waals surface area contributed by atoms with E-state index in [1.807, 2.05) is 36.0 Å². The molecule has 3 rings (SSSR count). The summed E-state index contributed by atoms with van der Waals surface area (Å²) >= 11 is 1.91. The number of rotatable bonds is 4. The second-order valence-electron chi connectivity index (χ2n) is 4.87. The summed E-state index contributed by atoms with van der Waals surface area (Å²) < 4.78 is 10.8. The summed E-state index contributed by atoms with van der Waals surface area (Å²) in [6.45, 7) is 0. The third-order valence-electron chi connectivity index (χ3n) is 3.27. The first-order valence-corrected chi connectivity index (χ1v) is 7.93. The Bertz CT molecular complexity index is 634. The third kappa shape index (κ3) is 3.39. The smallest absolute Gasteiger partial charge is 0.374 e. The number of hydrogen-bond acceptors (Lipinski definition) is 5. The van der Waals surface area contributed by atoms with E-state index < -0.39 is 5.97 Å². The van der Waals surface area contributed by atoms with Crippen molar-refractivity contribution in [2.75, 3.05) is 11.5 Å². The van der Waals surface area contributed by atoms with Crippen molar-refractivity contribution in [3.8, 4) is 17.0 Å². The minimum absolute atomic E-state index is 0.167. The van der Waals surface area contributed by atoms with Crippen LogP contribution in [-0.4, -0.2) is 33.8 Å². The highest BCUT2D eigenvalue weighted by Gasteiger charge is 2.16. The van der Waals surface area contributed by atoms with Crippen molar-refractivity contribution in [1.82, 2.24) is 5.16 Å². The molecule has 1 aliphatic rings. The van der Waals surface area contributed by atoms with E-state index >= 15 is 0 Å². The molecule has 1 N–H and O–H groups in total. The van der Waals surface area contributed by atoms with Gasteiger partial charge in [0.15, 0.2) is 0 Å². The molecule has 110 valence electrons. The predicted octanol–water partition coefficient (Wildman–Crippen LogP) is 3.31. The molecule has 1 aliphatic heterocycles. The molecule has 6 heteroatoms. The molecule has 21 heavy (non-hydrogen) atoms. The molecule has 1 unspecified atom stereocenters. The van der Waals surface area contributed by atoms with Gasteiger partial charge in [-0.1, -0.05) is 17.3 Å². The summed E-state index contributed by atoms with van der Waals surface area (Å²) in [6, 6.07) is 8.91. The summed E-state index contributed by atoms with van der Waals surface area (Å²) in [5.74, 6) is 1.70. The first-order chi connectivity index (χ1) is 10.2. The number of aromatic carboxylic acids is 1. The average molecular weight is 305 g/mol. The number of ether oxygens (including phenoxy) is 1. The van der Waals surface area contributed by atoms with Crippen LogP contribution in [0.25, 0.3) is 11.3 Å². The lowest BCUT2D eigenvalue weighted by molar-refractivity contribution is 0.0652. The Balaban J connectivity index is 1.76. The molecule has 0 aliphatic carbocycles. The Labute approximate surface area is 126 Å². The minimum atomic E-state index is -1.12. The highest BCUT2D eigenvalue weighted by Crippen LogP contribution is 2.27. The predicted molar refractivity (Wildman–Crippen MR) is 79.9 cm³/mol. The van der Waals surface area contributed by atoms with Gasteiger partial charge >= 0.3 is 5.97 Å². The fourth-order valence-electron chi connectivity index (χ4n) is 2.24. The van der Waals surface area contributed by atoms with Gasteiger partial charge in [-0.2, -0.15) is 11.8 Å². The summed E-state index contributed by atoms with van der Waals surface area (Å²) in [6.07, 6.45) is 2.50. The van der Waals surface area contributed by atoms with Crippen LogP contribution < -0.4 is 4.74 Å². The molecule has 5 nitrogen and oxygen atoms in total. The number of carboxylic acid groups (broad SMARTS) is 1. The van der Waals surface area contributed by atoms with E-state index in [2.05, 4.69) is 5.16 Å². The van der Waals surface area contributed by atoms with E-state index in [1.54, 1.807) is 0 Å². The topological polar surface area (TPSA) is 72.6 Å². The molecule has 1 aromatic heterocycles. The lowest BCUT2D eigenvalue weighted by Crippen LogP contribution is -2.23. The number of benzene rings is 1. The van der Waals surface area contributed by atoms with Crippen molar-refractivity contribution < 1.29 is 19.2 Å². The van der Waals surface area contributed by atoms with E-state index in [1.165, 1.54) is 18.2 Å². The van der Waals surface area contributed by atoms with E-state index in [9.17, 15) is 4.79 Å². The molecule has 0 bridgehead atoms. The first-order valence-electron chi connectivity index (χ1n) is 6.77. The third-order valence-corrected chi connectivity index (χ3v) is 4.46. The minimum Gasteiger partial charge on any atom is -0.490 e. The molecule has 0 saturated carbocycles. The Morgan fingerprint density at radius 3 is 3.05 bits per heavy atom. The average Bonchev–Trinajstić information content (AvgIpc) is 2.99. The lowest BCUT2D eigenvalue weighted by atomic mass is 10.1. The summed E-state index contributed by atoms with van der Waals surface area (Å²) in [5, 5.41) is 12.6. The summed E-state index contributed by atoms with van der Waals surface area (Å²) in [5.41, 5.74) is 1.28. The molecule has 1 fully saturated rings. The van der Waals surface area contributed by atoms with Gasteiger partial charge in [0.1, 0.15) is 17.5 Å². The van der Waals surface area contributed by atoms with Crippen molar-refractivity contribution in [3.63, 3.8) is 0 Å². The maximum Gasteiger partial charge on any atom is 0.374 e. The van der Waals surface area contributed by atoms with Crippen LogP contribution in [0.3, 0.4) is 0 Å². The Kier molecular flexibility index (Phi) is 4.15. The van der Waals surface area contributed by atoms with Gasteiger partial charge in [0.2, 0.25) is 5.76 Å². The van der Waals surface area contributed by atoms with Crippen molar-refractivity contribution in [2.45, 2.75) is 18.9 Å². The maximum absolute atomic E-state index is 10.8. The van der Waals surface area contributed by atoms with Gasteiger partial charge < -0.3 is 14.4 Å². The van der Waals surface area contributed by atoms with Crippen LogP contribution in [0.15, 0.2) is 34.9 Å². The number of carboxylic acids is 1. The molecule has 2 heterocycles. The van der Waals surface area contributed by atoms with Crippen LogP contribution in [0, 0.1) is 0 Å². The van der Waals surface area contributed by atoms with E-state index in [4.69, 9.17) is 14.4 Å². The van der Waals surface area contributed by atoms with Gasteiger partial charge in [-0.25, -0.2) is 4.79 Å². The first kappa shape index (κ1) is 14.0. The van der Waals surface area contributed by atoms with Crippen LogP contribution in [0.5, 0.6) is 5.75 Å². The van der Waals surface area contributed by atoms with Gasteiger partial charge in [-0.3, -0.25) is 0 Å². The van der Waals surface area contributed by atoms with Gasteiger partial charge in [-0.05, 0) is 30.7 Å². The number of carbonyl (C=O) groups is 1. The monoisotopic (exact) mass is 305 g/mol. The number of hydrogen-bond donors (Lipinski definition) is 1. The Morgan fingerprint density at radius 2 is 2.33 bits per heavy atom. The number of aromatic nitrogens is 1. The summed E-state index contributed by atoms with van der Waals surface area (Å²) in [4.78, 5) is 10.8. The quantitative estimate of drug-likeness (QED) is 0.934. The van der Waals surface area contributed by atoms with Gasteiger partial charge in [0.05, 0.1) is 0 Å². The lowest BCUT2D eigenvalue weighted by Gasteiger charge is -2.22. The molecule has 0 radical (unpaired) electrons. The zero-order valence-electron chi connectivity index (χ0n) is 11.3. The second kappa shape index (κ2) is 6.22. The van der Waals surface area contributed by atoms with Crippen LogP contribution in [-0.2, 0) is 0 Å². The zero-order chi connectivity index (χ0) is 14.7. The number of nitrogens with zero attached hydrogens (tertiary/aromatic N) is 1. The standard InChI is InChI=1S/C15H15NO4S/c17-15(18)14-8-13(16-20-14)10-3-1-4-11(7-10)19-12-5-2-6-21-9-12/h1,3-4,7-8,12H,2,5-6,9H2,(H,17,18). The van der Waals surface area contributed by atoms with Crippen LogP contribution >= 0.6 is 11.8 Å². The molecular weight excluding hydrogens is 290 g/mol. The fourth-order valence-corrected chi connectivity index (χ4v) is 3.27. The van der Waals surface area contributed by atoms with Gasteiger partial charge in [-0.15, -0.1) is 0 Å². The van der Waals surface area contributed by atoms with Gasteiger partial charge in [0, 0.05) is 17.4 Å². The Morgan fingerprint density at radius 1 is 1.43 bits per heavy atom. The Hall–Kier alpha value is -1.95. The summed E-state index contributed by atoms with van der Waals surface area (Å²) in [7, 11) is 0. The van der Waals surface area contributed by atoms with E-state index in [-0.39, 0.29) is 11.9 Å². The van der Waals surface area contributed by atoms with E-state index in [0.29, 0.717) is 5.69 Å². The van der Waals surface area contributed by atoms with Gasteiger partial charge in [0.25, 0.3) is 0 Å². The van der Waals surface area contributed by atoms with Crippen molar-refractivity contribution in [1.29, 1.82) is 0 Å². The molecule has 0 amide bonds. The highest BCUT2D eigenvalue weighted by molar-refractivity contribution is 7.99. The molecule has 0 spiro atoms. The number of thioether (sulfide) groups is 1. The van der Waals surface area contributed by atoms with Crippen molar-refractivity contribution in [3.05, 3.63) is 36.1 Å². The van der Waals surface area contributed by atoms with Crippen molar-refractivity contribution >= 4 is 17.7 Å². The largest absolute Gasteiger partial charge is 0.490 e. The molecule has 1 saturated heterocycles. The van der Waals surface area contributed by atoms with Crippen LogP contribution in [0.4, 0.5) is 0 Å². The van der Waals surface area contributed by atoms with Crippen molar-refractivity contribution in [2.24, 2.45) is 0 Å². The molecular formula is C15H15NO4S. The fraction of sp³-hybridized carbons (Fsp3) is 0.333. The van der Waals surface area contributed by atoms with Crippen LogP contribution in [0.1, 0.15) is 23.4 Å². The molecule has 1 aromatic carbocycles. The van der Waals surface area contributed by atoms with Crippen LogP contribution in [0.2, 0.25) is 0 Å². The maximum atomic E-state index is 10.8. The molecule has 2 aromatic rings. The normalized spacial score (nSPS) is 18.4. The zero-order valence-corrected chi connectivity index (χ0v) is 12.1. The second-order valence-corrected chi connectivity index (χ2v) is 6.02. The van der Waals surface area contributed by atoms with E-state index in [0.717, 1.165) is 23.5 Å².